The van der Waals surface area contributed by atoms with E-state index < -0.39 is 11.7 Å². The highest BCUT2D eigenvalue weighted by atomic mass is 16.5. The zero-order chi connectivity index (χ0) is 16.0. The summed E-state index contributed by atoms with van der Waals surface area (Å²) >= 11 is 0. The smallest absolute Gasteiger partial charge is 0.166 e. The fourth-order valence-electron chi connectivity index (χ4n) is 5.71. The van der Waals surface area contributed by atoms with E-state index in [2.05, 4.69) is 31.0 Å². The molecule has 4 aliphatic rings. The highest BCUT2D eigenvalue weighted by Gasteiger charge is 2.67. The van der Waals surface area contributed by atoms with E-state index in [0.717, 1.165) is 30.9 Å². The van der Waals surface area contributed by atoms with Gasteiger partial charge in [-0.15, -0.1) is 0 Å². The number of aliphatic hydroxyl groups excluding tert-OH is 1. The van der Waals surface area contributed by atoms with Gasteiger partial charge in [0.1, 0.15) is 11.7 Å². The van der Waals surface area contributed by atoms with Crippen molar-refractivity contribution in [3.8, 4) is 11.5 Å². The van der Waals surface area contributed by atoms with Gasteiger partial charge in [-0.1, -0.05) is 25.1 Å². The Morgan fingerprint density at radius 2 is 2.22 bits per heavy atom. The highest BCUT2D eigenvalue weighted by Crippen LogP contribution is 2.66. The molecule has 23 heavy (non-hydrogen) atoms. The molecule has 4 nitrogen and oxygen atoms in total. The van der Waals surface area contributed by atoms with Gasteiger partial charge in [-0.25, -0.2) is 0 Å². The quantitative estimate of drug-likeness (QED) is 0.806. The van der Waals surface area contributed by atoms with Gasteiger partial charge in [-0.05, 0) is 25.1 Å². The number of methoxy groups -OCH3 is 1. The van der Waals surface area contributed by atoms with Crippen molar-refractivity contribution < 1.29 is 14.6 Å². The third-order valence-electron chi connectivity index (χ3n) is 6.82. The molecule has 4 bridgehead atoms. The number of hydrogen-bond donors (Lipinski definition) is 1. The first kappa shape index (κ1) is 13.9. The van der Waals surface area contributed by atoms with Crippen molar-refractivity contribution in [2.75, 3.05) is 20.7 Å². The maximum atomic E-state index is 10.9. The van der Waals surface area contributed by atoms with E-state index in [9.17, 15) is 5.11 Å². The number of nitrogens with zero attached hydrogens (tertiary/aromatic N) is 1. The minimum Gasteiger partial charge on any atom is -0.493 e. The second kappa shape index (κ2) is 4.11. The molecule has 1 aromatic carbocycles. The van der Waals surface area contributed by atoms with Crippen LogP contribution in [0.5, 0.6) is 11.5 Å². The van der Waals surface area contributed by atoms with Crippen LogP contribution in [0.4, 0.5) is 0 Å². The first-order valence-electron chi connectivity index (χ1n) is 8.48. The summed E-state index contributed by atoms with van der Waals surface area (Å²) in [7, 11) is 3.90. The first-order valence-corrected chi connectivity index (χ1v) is 8.48. The van der Waals surface area contributed by atoms with E-state index in [1.807, 2.05) is 12.1 Å². The monoisotopic (exact) mass is 313 g/mol. The molecule has 1 saturated heterocycles. The molecule has 5 rings (SSSR count). The summed E-state index contributed by atoms with van der Waals surface area (Å²) < 4.78 is 12.1. The molecule has 5 atom stereocenters. The third kappa shape index (κ3) is 1.41. The summed E-state index contributed by atoms with van der Waals surface area (Å²) in [5.74, 6) is 1.85. The van der Waals surface area contributed by atoms with Gasteiger partial charge in [0.2, 0.25) is 0 Å². The summed E-state index contributed by atoms with van der Waals surface area (Å²) in [5.41, 5.74) is 2.06. The lowest BCUT2D eigenvalue weighted by atomic mass is 9.54. The maximum absolute atomic E-state index is 10.9. The number of ether oxygens (including phenoxy) is 2. The van der Waals surface area contributed by atoms with Gasteiger partial charge in [-0.3, -0.25) is 0 Å². The standard InChI is InChI=1S/C19H23NO3/c1-18-7-6-14(21)19-8-9-20(2)13(18)10-11-4-5-12(22-3)16(23-19)15(11)17(18)19/h4-7,13-14,17,21H,8-10H2,1-3H3/t13?,14-,17?,18-,19-/m0/s1. The average Bonchev–Trinajstić information content (AvgIpc) is 2.91. The Hall–Kier alpha value is -1.52. The maximum Gasteiger partial charge on any atom is 0.166 e. The second-order valence-electron chi connectivity index (χ2n) is 7.78. The van der Waals surface area contributed by atoms with E-state index in [4.69, 9.17) is 9.47 Å². The predicted octanol–water partition coefficient (Wildman–Crippen LogP) is 2.11. The Bertz CT molecular complexity index is 730. The Labute approximate surface area is 136 Å². The molecule has 122 valence electrons. The number of hydrogen-bond acceptors (Lipinski definition) is 4. The van der Waals surface area contributed by atoms with Crippen molar-refractivity contribution in [2.24, 2.45) is 5.41 Å². The summed E-state index contributed by atoms with van der Waals surface area (Å²) in [4.78, 5) is 2.46. The molecule has 0 aromatic heterocycles. The van der Waals surface area contributed by atoms with Gasteiger partial charge >= 0.3 is 0 Å². The van der Waals surface area contributed by atoms with Crippen molar-refractivity contribution in [2.45, 2.75) is 43.4 Å². The summed E-state index contributed by atoms with van der Waals surface area (Å²) in [6.45, 7) is 3.28. The topological polar surface area (TPSA) is 41.9 Å². The molecule has 1 N–H and O–H groups in total. The normalized spacial score (nSPS) is 43.0. The Balaban J connectivity index is 1.86. The van der Waals surface area contributed by atoms with Crippen LogP contribution < -0.4 is 9.47 Å². The van der Waals surface area contributed by atoms with Crippen LogP contribution in [0.2, 0.25) is 0 Å². The van der Waals surface area contributed by atoms with Crippen LogP contribution in [0, 0.1) is 5.41 Å². The van der Waals surface area contributed by atoms with E-state index in [-0.39, 0.29) is 11.3 Å². The van der Waals surface area contributed by atoms with Crippen molar-refractivity contribution in [3.05, 3.63) is 35.4 Å². The Morgan fingerprint density at radius 3 is 3.00 bits per heavy atom. The zero-order valence-electron chi connectivity index (χ0n) is 13.9. The number of rotatable bonds is 1. The molecule has 2 aliphatic carbocycles. The average molecular weight is 313 g/mol. The van der Waals surface area contributed by atoms with Gasteiger partial charge in [0.05, 0.1) is 7.11 Å². The molecule has 2 aliphatic heterocycles. The van der Waals surface area contributed by atoms with Gasteiger partial charge in [0.25, 0.3) is 0 Å². The van der Waals surface area contributed by atoms with Crippen LogP contribution in [0.3, 0.4) is 0 Å². The van der Waals surface area contributed by atoms with E-state index >= 15 is 0 Å². The molecular weight excluding hydrogens is 290 g/mol. The van der Waals surface area contributed by atoms with Crippen LogP contribution in [0.15, 0.2) is 24.3 Å². The zero-order valence-corrected chi connectivity index (χ0v) is 13.9. The van der Waals surface area contributed by atoms with Crippen LogP contribution in [-0.4, -0.2) is 48.5 Å². The number of likely N-dealkylation sites (tertiary alicyclic amines) is 1. The number of aliphatic hydroxyl groups is 1. The van der Waals surface area contributed by atoms with E-state index in [1.54, 1.807) is 7.11 Å². The molecule has 2 heterocycles. The molecule has 0 amide bonds. The largest absolute Gasteiger partial charge is 0.493 e. The lowest BCUT2D eigenvalue weighted by Gasteiger charge is -2.52. The lowest BCUT2D eigenvalue weighted by molar-refractivity contribution is -0.0646. The van der Waals surface area contributed by atoms with Crippen LogP contribution >= 0.6 is 0 Å². The highest BCUT2D eigenvalue weighted by molar-refractivity contribution is 5.61. The SMILES string of the molecule is COc1ccc2c3c1O[C@@]14CCN(C)C(C2)[C@](C)(C=C[C@@H]1O)C34. The molecule has 1 aromatic rings. The van der Waals surface area contributed by atoms with Crippen molar-refractivity contribution in [3.63, 3.8) is 0 Å². The minimum atomic E-state index is -0.573. The van der Waals surface area contributed by atoms with Crippen molar-refractivity contribution >= 4 is 0 Å². The van der Waals surface area contributed by atoms with Gasteiger partial charge in [0, 0.05) is 35.9 Å². The summed E-state index contributed by atoms with van der Waals surface area (Å²) in [6.07, 6.45) is 5.49. The number of likely N-dealkylation sites (N-methyl/N-ethyl adjacent to an activating group) is 1. The minimum absolute atomic E-state index is 0.0188. The molecule has 0 radical (unpaired) electrons. The first-order chi connectivity index (χ1) is 11.0. The van der Waals surface area contributed by atoms with E-state index in [1.165, 1.54) is 11.1 Å². The number of benzene rings is 1. The molecule has 1 fully saturated rings. The molecule has 2 unspecified atom stereocenters. The van der Waals surface area contributed by atoms with Crippen molar-refractivity contribution in [1.29, 1.82) is 0 Å². The molecule has 4 heteroatoms. The summed E-state index contributed by atoms with van der Waals surface area (Å²) in [6, 6.07) is 4.64. The van der Waals surface area contributed by atoms with Crippen molar-refractivity contribution in [1.82, 2.24) is 4.90 Å². The van der Waals surface area contributed by atoms with Crippen LogP contribution in [0.25, 0.3) is 0 Å². The van der Waals surface area contributed by atoms with Crippen LogP contribution in [-0.2, 0) is 6.42 Å². The van der Waals surface area contributed by atoms with Gasteiger partial charge in [-0.2, -0.15) is 0 Å². The fraction of sp³-hybridized carbons (Fsp3) is 0.579. The second-order valence-corrected chi connectivity index (χ2v) is 7.78. The lowest BCUT2D eigenvalue weighted by Crippen LogP contribution is -2.58. The molecule has 0 spiro atoms. The van der Waals surface area contributed by atoms with E-state index in [0.29, 0.717) is 6.04 Å². The summed E-state index contributed by atoms with van der Waals surface area (Å²) in [5, 5.41) is 10.9. The Morgan fingerprint density at radius 1 is 1.39 bits per heavy atom. The van der Waals surface area contributed by atoms with Gasteiger partial charge < -0.3 is 19.5 Å². The fourth-order valence-corrected chi connectivity index (χ4v) is 5.71. The van der Waals surface area contributed by atoms with Crippen LogP contribution in [0.1, 0.15) is 30.4 Å². The molecule has 0 saturated carbocycles. The molecular formula is C19H23NO3. The predicted molar refractivity (Wildman–Crippen MR) is 87.1 cm³/mol. The van der Waals surface area contributed by atoms with Gasteiger partial charge in [0.15, 0.2) is 11.5 Å². The Kier molecular flexibility index (Phi) is 2.48. The third-order valence-corrected chi connectivity index (χ3v) is 6.82.